The van der Waals surface area contributed by atoms with Gasteiger partial charge in [0.2, 0.25) is 5.91 Å². The molecule has 1 saturated heterocycles. The van der Waals surface area contributed by atoms with Crippen molar-refractivity contribution in [1.82, 2.24) is 0 Å². The summed E-state index contributed by atoms with van der Waals surface area (Å²) in [5.74, 6) is -0.464. The topological polar surface area (TPSA) is 20.3 Å². The summed E-state index contributed by atoms with van der Waals surface area (Å²) in [4.78, 5) is 12.3. The molecule has 1 atom stereocenters. The molecule has 0 aliphatic carbocycles. The van der Waals surface area contributed by atoms with Gasteiger partial charge in [-0.3, -0.25) is 4.79 Å². The molecule has 16 heavy (non-hydrogen) atoms. The number of alkyl halides is 3. The minimum Gasteiger partial charge on any atom is -0.300 e. The molecule has 1 fully saturated rings. The van der Waals surface area contributed by atoms with Gasteiger partial charge in [-0.15, -0.1) is 0 Å². The second-order valence-electron chi connectivity index (χ2n) is 3.70. The highest BCUT2D eigenvalue weighted by Gasteiger charge is 2.49. The Hall–Kier alpha value is -1.52. The lowest BCUT2D eigenvalue weighted by Gasteiger charge is -2.26. The minimum absolute atomic E-state index is 0.0426. The van der Waals surface area contributed by atoms with E-state index in [1.54, 1.807) is 18.2 Å². The van der Waals surface area contributed by atoms with Crippen molar-refractivity contribution in [2.24, 2.45) is 0 Å². The van der Waals surface area contributed by atoms with Crippen LogP contribution in [0.1, 0.15) is 12.8 Å². The second kappa shape index (κ2) is 3.81. The van der Waals surface area contributed by atoms with E-state index in [-0.39, 0.29) is 12.8 Å². The summed E-state index contributed by atoms with van der Waals surface area (Å²) in [5.41, 5.74) is 0.312. The number of benzene rings is 1. The summed E-state index contributed by atoms with van der Waals surface area (Å²) in [5, 5.41) is 0. The fourth-order valence-corrected chi connectivity index (χ4v) is 1.91. The summed E-state index contributed by atoms with van der Waals surface area (Å²) in [6.07, 6.45) is -4.56. The Balaban J connectivity index is 2.34. The van der Waals surface area contributed by atoms with Crippen molar-refractivity contribution in [3.8, 4) is 0 Å². The lowest BCUT2D eigenvalue weighted by Crippen LogP contribution is -2.43. The number of rotatable bonds is 1. The molecule has 0 spiro atoms. The molecular weight excluding hydrogens is 219 g/mol. The molecule has 2 nitrogen and oxygen atoms in total. The summed E-state index contributed by atoms with van der Waals surface area (Å²) >= 11 is 0. The van der Waals surface area contributed by atoms with Crippen LogP contribution < -0.4 is 4.90 Å². The van der Waals surface area contributed by atoms with Gasteiger partial charge in [-0.25, -0.2) is 0 Å². The fourth-order valence-electron chi connectivity index (χ4n) is 1.91. The number of anilines is 1. The lowest BCUT2D eigenvalue weighted by molar-refractivity contribution is -0.148. The largest absolute Gasteiger partial charge is 0.409 e. The minimum atomic E-state index is -4.36. The summed E-state index contributed by atoms with van der Waals surface area (Å²) in [6, 6.07) is 6.29. The lowest BCUT2D eigenvalue weighted by atomic mass is 10.2. The molecule has 0 aromatic heterocycles. The van der Waals surface area contributed by atoms with Crippen LogP contribution in [0.5, 0.6) is 0 Å². The van der Waals surface area contributed by atoms with E-state index in [2.05, 4.69) is 0 Å². The molecule has 1 aromatic carbocycles. The van der Waals surface area contributed by atoms with Crippen LogP contribution in [0.4, 0.5) is 18.9 Å². The molecule has 1 amide bonds. The Morgan fingerprint density at radius 3 is 2.38 bits per heavy atom. The Bertz CT molecular complexity index is 388. The monoisotopic (exact) mass is 229 g/mol. The normalized spacial score (nSPS) is 21.6. The summed E-state index contributed by atoms with van der Waals surface area (Å²) < 4.78 is 38.0. The van der Waals surface area contributed by atoms with E-state index >= 15 is 0 Å². The molecule has 1 aromatic rings. The standard InChI is InChI=1S/C11H10F3NO/c12-11(13,14)9-6-7-10(16)15(9)8-4-2-1-3-5-8/h1-5,9H,6-7H2. The molecule has 1 aliphatic heterocycles. The number of para-hydroxylation sites is 1. The Labute approximate surface area is 90.7 Å². The highest BCUT2D eigenvalue weighted by Crippen LogP contribution is 2.36. The predicted molar refractivity (Wildman–Crippen MR) is 53.0 cm³/mol. The average Bonchev–Trinajstić information content (AvgIpc) is 2.61. The van der Waals surface area contributed by atoms with Crippen LogP contribution in [-0.4, -0.2) is 18.1 Å². The molecule has 1 aliphatic rings. The third-order valence-electron chi connectivity index (χ3n) is 2.62. The van der Waals surface area contributed by atoms with Crippen LogP contribution in [0.15, 0.2) is 30.3 Å². The van der Waals surface area contributed by atoms with E-state index < -0.39 is 18.1 Å². The Morgan fingerprint density at radius 2 is 1.81 bits per heavy atom. The number of nitrogens with zero attached hydrogens (tertiary/aromatic N) is 1. The molecule has 86 valence electrons. The van der Waals surface area contributed by atoms with Crippen molar-refractivity contribution < 1.29 is 18.0 Å². The number of hydrogen-bond acceptors (Lipinski definition) is 1. The van der Waals surface area contributed by atoms with Gasteiger partial charge in [0.1, 0.15) is 6.04 Å². The van der Waals surface area contributed by atoms with Gasteiger partial charge in [0, 0.05) is 12.1 Å². The van der Waals surface area contributed by atoms with Crippen molar-refractivity contribution in [3.63, 3.8) is 0 Å². The maximum Gasteiger partial charge on any atom is 0.409 e. The summed E-state index contributed by atoms with van der Waals surface area (Å²) in [7, 11) is 0. The van der Waals surface area contributed by atoms with Crippen LogP contribution in [0, 0.1) is 0 Å². The van der Waals surface area contributed by atoms with Gasteiger partial charge in [0.15, 0.2) is 0 Å². The molecule has 0 saturated carbocycles. The molecule has 0 bridgehead atoms. The number of halogens is 3. The molecule has 0 N–H and O–H groups in total. The van der Waals surface area contributed by atoms with E-state index in [1.165, 1.54) is 12.1 Å². The van der Waals surface area contributed by atoms with E-state index in [0.29, 0.717) is 5.69 Å². The Kier molecular flexibility index (Phi) is 2.61. The van der Waals surface area contributed by atoms with Crippen molar-refractivity contribution in [1.29, 1.82) is 0 Å². The van der Waals surface area contributed by atoms with Gasteiger partial charge < -0.3 is 4.90 Å². The first-order chi connectivity index (χ1) is 7.50. The molecule has 2 rings (SSSR count). The SMILES string of the molecule is O=C1CCC(C(F)(F)F)N1c1ccccc1. The van der Waals surface area contributed by atoms with Crippen molar-refractivity contribution in [2.45, 2.75) is 25.1 Å². The third kappa shape index (κ3) is 1.89. The maximum atomic E-state index is 12.7. The molecule has 1 unspecified atom stereocenters. The zero-order valence-corrected chi connectivity index (χ0v) is 8.37. The Morgan fingerprint density at radius 1 is 1.19 bits per heavy atom. The quantitative estimate of drug-likeness (QED) is 0.725. The van der Waals surface area contributed by atoms with E-state index in [9.17, 15) is 18.0 Å². The van der Waals surface area contributed by atoms with Gasteiger partial charge in [0.25, 0.3) is 0 Å². The number of hydrogen-bond donors (Lipinski definition) is 0. The van der Waals surface area contributed by atoms with Gasteiger partial charge in [-0.2, -0.15) is 13.2 Å². The molecular formula is C11H10F3NO. The van der Waals surface area contributed by atoms with Gasteiger partial charge in [-0.05, 0) is 18.6 Å². The highest BCUT2D eigenvalue weighted by atomic mass is 19.4. The third-order valence-corrected chi connectivity index (χ3v) is 2.62. The molecule has 5 heteroatoms. The van der Waals surface area contributed by atoms with Crippen molar-refractivity contribution >= 4 is 11.6 Å². The predicted octanol–water partition coefficient (Wildman–Crippen LogP) is 2.74. The zero-order valence-electron chi connectivity index (χ0n) is 8.37. The fraction of sp³-hybridized carbons (Fsp3) is 0.364. The van der Waals surface area contributed by atoms with Crippen LogP contribution in [0.3, 0.4) is 0 Å². The highest BCUT2D eigenvalue weighted by molar-refractivity contribution is 5.96. The van der Waals surface area contributed by atoms with Gasteiger partial charge in [-0.1, -0.05) is 18.2 Å². The summed E-state index contributed by atoms with van der Waals surface area (Å²) in [6.45, 7) is 0. The van der Waals surface area contributed by atoms with Gasteiger partial charge >= 0.3 is 6.18 Å². The van der Waals surface area contributed by atoms with E-state index in [4.69, 9.17) is 0 Å². The van der Waals surface area contributed by atoms with Crippen LogP contribution in [-0.2, 0) is 4.79 Å². The van der Waals surface area contributed by atoms with Crippen LogP contribution >= 0.6 is 0 Å². The van der Waals surface area contributed by atoms with Crippen LogP contribution in [0.2, 0.25) is 0 Å². The van der Waals surface area contributed by atoms with Gasteiger partial charge in [0.05, 0.1) is 0 Å². The van der Waals surface area contributed by atoms with E-state index in [1.807, 2.05) is 0 Å². The molecule has 0 radical (unpaired) electrons. The maximum absolute atomic E-state index is 12.7. The first kappa shape index (κ1) is 11.0. The first-order valence-corrected chi connectivity index (χ1v) is 4.94. The van der Waals surface area contributed by atoms with Crippen LogP contribution in [0.25, 0.3) is 0 Å². The average molecular weight is 229 g/mol. The van der Waals surface area contributed by atoms with Crippen molar-refractivity contribution in [3.05, 3.63) is 30.3 Å². The second-order valence-corrected chi connectivity index (χ2v) is 3.70. The zero-order chi connectivity index (χ0) is 11.8. The smallest absolute Gasteiger partial charge is 0.300 e. The first-order valence-electron chi connectivity index (χ1n) is 4.94. The molecule has 1 heterocycles. The van der Waals surface area contributed by atoms with Crippen molar-refractivity contribution in [2.75, 3.05) is 4.90 Å². The number of carbonyl (C=O) groups is 1. The number of amides is 1. The van der Waals surface area contributed by atoms with E-state index in [0.717, 1.165) is 4.90 Å². The number of carbonyl (C=O) groups excluding carboxylic acids is 1.